The predicted octanol–water partition coefficient (Wildman–Crippen LogP) is 5.91. The molecule has 34 heavy (non-hydrogen) atoms. The van der Waals surface area contributed by atoms with Gasteiger partial charge in [0.05, 0.1) is 0 Å². The van der Waals surface area contributed by atoms with E-state index in [0.717, 1.165) is 41.8 Å². The molecule has 0 bridgehead atoms. The summed E-state index contributed by atoms with van der Waals surface area (Å²) in [6, 6.07) is 19.0. The molecule has 0 saturated carbocycles. The Labute approximate surface area is 205 Å². The second-order valence-corrected chi connectivity index (χ2v) is 9.66. The number of hydrogen-bond acceptors (Lipinski definition) is 3. The number of halogens is 1. The number of carbonyl (C=O) groups is 2. The Morgan fingerprint density at radius 3 is 2.59 bits per heavy atom. The monoisotopic (exact) mass is 473 g/mol. The molecule has 3 aromatic carbocycles. The smallest absolute Gasteiger partial charge is 0.258 e. The van der Waals surface area contributed by atoms with Crippen LogP contribution in [-0.4, -0.2) is 24.9 Å². The first kappa shape index (κ1) is 22.6. The van der Waals surface area contributed by atoms with Gasteiger partial charge in [-0.2, -0.15) is 0 Å². The molecule has 174 valence electrons. The van der Waals surface area contributed by atoms with E-state index in [2.05, 4.69) is 10.6 Å². The zero-order chi connectivity index (χ0) is 23.8. The molecule has 5 rings (SSSR count). The van der Waals surface area contributed by atoms with Gasteiger partial charge in [0.1, 0.15) is 0 Å². The molecule has 0 aliphatic carbocycles. The minimum absolute atomic E-state index is 0.0298. The fourth-order valence-corrected chi connectivity index (χ4v) is 5.41. The van der Waals surface area contributed by atoms with Crippen LogP contribution < -0.4 is 15.5 Å². The number of benzene rings is 3. The van der Waals surface area contributed by atoms with Crippen molar-refractivity contribution >= 4 is 34.8 Å². The first-order chi connectivity index (χ1) is 16.4. The van der Waals surface area contributed by atoms with Crippen LogP contribution in [0, 0.1) is 19.8 Å². The van der Waals surface area contributed by atoms with Crippen LogP contribution >= 0.6 is 11.6 Å². The van der Waals surface area contributed by atoms with Gasteiger partial charge in [-0.05, 0) is 98.3 Å². The van der Waals surface area contributed by atoms with Gasteiger partial charge in [0, 0.05) is 40.1 Å². The molecule has 6 heteroatoms. The zero-order valence-corrected chi connectivity index (χ0v) is 20.2. The Bertz CT molecular complexity index is 1270. The standard InChI is InChI=1S/C28H28ClN3O2/c1-17-5-3-4-6-22(17)27(33)31-21-8-9-23(18(2)15-21)28(34)32-14-12-19-11-13-30-26(19)24-16-20(29)7-10-25(24)32/h3-10,15-16,19,26,30H,11-14H2,1-2H3,(H,31,33)/t19-,26-/m1/s1. The van der Waals surface area contributed by atoms with Crippen LogP contribution in [0.3, 0.4) is 0 Å². The van der Waals surface area contributed by atoms with Gasteiger partial charge in [0.2, 0.25) is 0 Å². The van der Waals surface area contributed by atoms with Crippen LogP contribution in [0.2, 0.25) is 5.02 Å². The normalized spacial score (nSPS) is 19.2. The maximum atomic E-state index is 13.7. The molecule has 2 N–H and O–H groups in total. The van der Waals surface area contributed by atoms with Crippen molar-refractivity contribution in [2.45, 2.75) is 32.7 Å². The number of nitrogens with zero attached hydrogens (tertiary/aromatic N) is 1. The van der Waals surface area contributed by atoms with Gasteiger partial charge in [0.15, 0.2) is 0 Å². The SMILES string of the molecule is Cc1ccccc1C(=O)Nc1ccc(C(=O)N2CC[C@H]3CCN[C@H]3c3cc(Cl)ccc32)c(C)c1. The summed E-state index contributed by atoms with van der Waals surface area (Å²) in [6.45, 7) is 5.48. The highest BCUT2D eigenvalue weighted by Crippen LogP contribution is 2.42. The zero-order valence-electron chi connectivity index (χ0n) is 19.4. The topological polar surface area (TPSA) is 61.4 Å². The molecule has 0 unspecified atom stereocenters. The average Bonchev–Trinajstić information content (AvgIpc) is 3.23. The first-order valence-electron chi connectivity index (χ1n) is 11.7. The van der Waals surface area contributed by atoms with Crippen molar-refractivity contribution in [2.75, 3.05) is 23.3 Å². The van der Waals surface area contributed by atoms with E-state index < -0.39 is 0 Å². The Kier molecular flexibility index (Phi) is 6.15. The lowest BCUT2D eigenvalue weighted by atomic mass is 9.92. The van der Waals surface area contributed by atoms with Gasteiger partial charge in [-0.3, -0.25) is 9.59 Å². The number of anilines is 2. The van der Waals surface area contributed by atoms with E-state index in [-0.39, 0.29) is 17.9 Å². The third-order valence-corrected chi connectivity index (χ3v) is 7.27. The number of amides is 2. The van der Waals surface area contributed by atoms with E-state index >= 15 is 0 Å². The summed E-state index contributed by atoms with van der Waals surface area (Å²) in [4.78, 5) is 28.3. The molecule has 0 radical (unpaired) electrons. The van der Waals surface area contributed by atoms with Crippen molar-refractivity contribution < 1.29 is 9.59 Å². The van der Waals surface area contributed by atoms with Crippen molar-refractivity contribution in [1.29, 1.82) is 0 Å². The van der Waals surface area contributed by atoms with Crippen LogP contribution in [0.4, 0.5) is 11.4 Å². The number of hydrogen-bond donors (Lipinski definition) is 2. The van der Waals surface area contributed by atoms with Crippen LogP contribution in [-0.2, 0) is 0 Å². The van der Waals surface area contributed by atoms with Crippen LogP contribution in [0.25, 0.3) is 0 Å². The molecule has 3 aromatic rings. The highest BCUT2D eigenvalue weighted by atomic mass is 35.5. The van der Waals surface area contributed by atoms with Crippen molar-refractivity contribution in [3.63, 3.8) is 0 Å². The largest absolute Gasteiger partial charge is 0.322 e. The Morgan fingerprint density at radius 1 is 0.971 bits per heavy atom. The third kappa shape index (κ3) is 4.22. The van der Waals surface area contributed by atoms with Crippen LogP contribution in [0.1, 0.15) is 56.3 Å². The van der Waals surface area contributed by atoms with Gasteiger partial charge in [-0.25, -0.2) is 0 Å². The first-order valence-corrected chi connectivity index (χ1v) is 12.1. The van der Waals surface area contributed by atoms with Gasteiger partial charge in [-0.1, -0.05) is 29.8 Å². The quantitative estimate of drug-likeness (QED) is 0.497. The van der Waals surface area contributed by atoms with E-state index in [9.17, 15) is 9.59 Å². The van der Waals surface area contributed by atoms with Crippen molar-refractivity contribution in [2.24, 2.45) is 5.92 Å². The minimum atomic E-state index is -0.158. The van der Waals surface area contributed by atoms with Gasteiger partial charge < -0.3 is 15.5 Å². The van der Waals surface area contributed by atoms with Crippen molar-refractivity contribution in [3.05, 3.63) is 93.5 Å². The van der Waals surface area contributed by atoms with E-state index in [4.69, 9.17) is 11.6 Å². The van der Waals surface area contributed by atoms with E-state index in [0.29, 0.717) is 34.3 Å². The predicted molar refractivity (Wildman–Crippen MR) is 137 cm³/mol. The lowest BCUT2D eigenvalue weighted by Gasteiger charge is -2.25. The summed E-state index contributed by atoms with van der Waals surface area (Å²) in [6.07, 6.45) is 2.05. The molecule has 2 amide bonds. The summed E-state index contributed by atoms with van der Waals surface area (Å²) in [5.41, 5.74) is 5.71. The Hall–Kier alpha value is -3.15. The fraction of sp³-hybridized carbons (Fsp3) is 0.286. The number of aryl methyl sites for hydroxylation is 2. The molecule has 2 heterocycles. The van der Waals surface area contributed by atoms with E-state index in [1.54, 1.807) is 6.07 Å². The minimum Gasteiger partial charge on any atom is -0.322 e. The third-order valence-electron chi connectivity index (χ3n) is 7.04. The van der Waals surface area contributed by atoms with Crippen molar-refractivity contribution in [1.82, 2.24) is 5.32 Å². The van der Waals surface area contributed by atoms with Gasteiger partial charge in [0.25, 0.3) is 11.8 Å². The highest BCUT2D eigenvalue weighted by Gasteiger charge is 2.36. The molecule has 2 aliphatic rings. The molecule has 5 nitrogen and oxygen atoms in total. The molecule has 1 saturated heterocycles. The summed E-state index contributed by atoms with van der Waals surface area (Å²) in [5, 5.41) is 7.24. The number of fused-ring (bicyclic) bond motifs is 3. The molecule has 2 atom stereocenters. The van der Waals surface area contributed by atoms with Gasteiger partial charge >= 0.3 is 0 Å². The van der Waals surface area contributed by atoms with Crippen LogP contribution in [0.15, 0.2) is 60.7 Å². The van der Waals surface area contributed by atoms with Crippen LogP contribution in [0.5, 0.6) is 0 Å². The second-order valence-electron chi connectivity index (χ2n) is 9.23. The number of carbonyl (C=O) groups excluding carboxylic acids is 2. The van der Waals surface area contributed by atoms with E-state index in [1.807, 2.05) is 73.3 Å². The number of rotatable bonds is 3. The molecular formula is C28H28ClN3O2. The Balaban J connectivity index is 1.41. The summed E-state index contributed by atoms with van der Waals surface area (Å²) in [5.74, 6) is 0.307. The molecule has 0 spiro atoms. The van der Waals surface area contributed by atoms with E-state index in [1.165, 1.54) is 0 Å². The highest BCUT2D eigenvalue weighted by molar-refractivity contribution is 6.30. The fourth-order valence-electron chi connectivity index (χ4n) is 5.23. The molecule has 1 fully saturated rings. The molecule has 2 aliphatic heterocycles. The molecular weight excluding hydrogens is 446 g/mol. The molecule has 0 aromatic heterocycles. The summed E-state index contributed by atoms with van der Waals surface area (Å²) in [7, 11) is 0. The lowest BCUT2D eigenvalue weighted by Crippen LogP contribution is -2.32. The summed E-state index contributed by atoms with van der Waals surface area (Å²) >= 11 is 6.34. The summed E-state index contributed by atoms with van der Waals surface area (Å²) < 4.78 is 0. The average molecular weight is 474 g/mol. The number of nitrogens with one attached hydrogen (secondary N) is 2. The maximum absolute atomic E-state index is 13.7. The lowest BCUT2D eigenvalue weighted by molar-refractivity contribution is 0.0984. The van der Waals surface area contributed by atoms with Gasteiger partial charge in [-0.15, -0.1) is 0 Å². The van der Waals surface area contributed by atoms with Crippen molar-refractivity contribution in [3.8, 4) is 0 Å². The maximum Gasteiger partial charge on any atom is 0.258 e. The second kappa shape index (κ2) is 9.24. The Morgan fingerprint density at radius 2 is 1.79 bits per heavy atom.